The molecule has 0 unspecified atom stereocenters. The second kappa shape index (κ2) is 14.8. The van der Waals surface area contributed by atoms with Gasteiger partial charge in [-0.3, -0.25) is 0 Å². The van der Waals surface area contributed by atoms with Crippen molar-refractivity contribution < 1.29 is 0 Å². The van der Waals surface area contributed by atoms with Crippen molar-refractivity contribution in [3.05, 3.63) is 141 Å². The van der Waals surface area contributed by atoms with Crippen molar-refractivity contribution in [1.82, 2.24) is 0 Å². The number of nitrogens with zero attached hydrogens (tertiary/aromatic N) is 2. The van der Waals surface area contributed by atoms with E-state index in [9.17, 15) is 0 Å². The Morgan fingerprint density at radius 2 is 0.769 bits per heavy atom. The van der Waals surface area contributed by atoms with Crippen LogP contribution < -0.4 is 9.80 Å². The molecule has 0 aliphatic heterocycles. The Morgan fingerprint density at radius 1 is 0.423 bits per heavy atom. The number of anilines is 6. The first kappa shape index (κ1) is 36.4. The zero-order valence-corrected chi connectivity index (χ0v) is 33.3. The van der Waals surface area contributed by atoms with Crippen molar-refractivity contribution in [2.75, 3.05) is 9.80 Å². The molecule has 0 fully saturated rings. The predicted octanol–water partition coefficient (Wildman–Crippen LogP) is 14.7. The van der Waals surface area contributed by atoms with Gasteiger partial charge in [0.2, 0.25) is 0 Å². The Balaban J connectivity index is 1.43. The molecule has 0 saturated heterocycles. The van der Waals surface area contributed by atoms with Crippen LogP contribution in [-0.4, -0.2) is 0 Å². The minimum Gasteiger partial charge on any atom is -0.309 e. The summed E-state index contributed by atoms with van der Waals surface area (Å²) in [6.45, 7) is 15.8. The Morgan fingerprint density at radius 3 is 1.15 bits per heavy atom. The fourth-order valence-corrected chi connectivity index (χ4v) is 8.48. The van der Waals surface area contributed by atoms with Crippen LogP contribution in [0.3, 0.4) is 0 Å². The van der Waals surface area contributed by atoms with Gasteiger partial charge in [-0.1, -0.05) is 102 Å². The Kier molecular flexibility index (Phi) is 10.3. The highest BCUT2D eigenvalue weighted by atomic mass is 35.5. The lowest BCUT2D eigenvalue weighted by molar-refractivity contribution is 0.590. The minimum absolute atomic E-state index is 0.0636. The van der Waals surface area contributed by atoms with Crippen molar-refractivity contribution in [1.29, 1.82) is 0 Å². The van der Waals surface area contributed by atoms with Gasteiger partial charge in [0.05, 0.1) is 16.4 Å². The van der Waals surface area contributed by atoms with E-state index in [0.29, 0.717) is 0 Å². The van der Waals surface area contributed by atoms with Gasteiger partial charge in [-0.25, -0.2) is 0 Å². The van der Waals surface area contributed by atoms with E-state index in [-0.39, 0.29) is 10.8 Å². The molecule has 0 amide bonds. The summed E-state index contributed by atoms with van der Waals surface area (Å²) in [6, 6.07) is 37.0. The summed E-state index contributed by atoms with van der Waals surface area (Å²) in [5, 5.41) is 0.746. The van der Waals surface area contributed by atoms with Crippen LogP contribution in [0.4, 0.5) is 34.1 Å². The van der Waals surface area contributed by atoms with Crippen molar-refractivity contribution in [2.24, 2.45) is 0 Å². The fraction of sp³-hybridized carbons (Fsp3) is 0.388. The van der Waals surface area contributed by atoms with Crippen molar-refractivity contribution in [3.8, 4) is 0 Å². The molecule has 0 N–H and O–H groups in total. The molecule has 0 aromatic heterocycles. The Hall–Kier alpha value is -4.01. The highest BCUT2D eigenvalue weighted by molar-refractivity contribution is 6.36. The summed E-state index contributed by atoms with van der Waals surface area (Å²) in [5.74, 6) is 0. The molecule has 270 valence electrons. The lowest BCUT2D eigenvalue weighted by atomic mass is 9.86. The standard InChI is InChI=1S/C49H57ClN2/c1-34-30-45(51(41-26-20-39(21-27-41)48(2,3)4)42-28-22-40(23-29-42)49(5,6)7)47(50)46(31-34)52(43-24-18-35-14-10-8-12-16-37(35)32-43)44-25-19-36-15-11-9-13-17-38(36)33-44/h18-33H,8-17H2,1-7H3. The van der Waals surface area contributed by atoms with Crippen molar-refractivity contribution >= 4 is 45.7 Å². The first-order valence-electron chi connectivity index (χ1n) is 19.7. The molecule has 52 heavy (non-hydrogen) atoms. The topological polar surface area (TPSA) is 6.48 Å². The Labute approximate surface area is 318 Å². The molecule has 0 spiro atoms. The van der Waals surface area contributed by atoms with Crippen LogP contribution in [0.5, 0.6) is 0 Å². The molecule has 7 rings (SSSR count). The highest BCUT2D eigenvalue weighted by Gasteiger charge is 2.26. The molecular formula is C49H57ClN2. The molecule has 0 radical (unpaired) electrons. The van der Waals surface area contributed by atoms with E-state index in [1.807, 2.05) is 0 Å². The third-order valence-electron chi connectivity index (χ3n) is 11.3. The van der Waals surface area contributed by atoms with Gasteiger partial charge in [0.25, 0.3) is 0 Å². The van der Waals surface area contributed by atoms with Gasteiger partial charge in [0.1, 0.15) is 0 Å². The molecule has 2 aliphatic rings. The number of halogens is 1. The van der Waals surface area contributed by atoms with Crippen LogP contribution in [0.1, 0.15) is 119 Å². The van der Waals surface area contributed by atoms with Gasteiger partial charge in [-0.15, -0.1) is 0 Å². The first-order valence-corrected chi connectivity index (χ1v) is 20.1. The van der Waals surface area contributed by atoms with Gasteiger partial charge in [-0.2, -0.15) is 0 Å². The average molecular weight is 709 g/mol. The summed E-state index contributed by atoms with van der Waals surface area (Å²) in [4.78, 5) is 4.79. The van der Waals surface area contributed by atoms with Gasteiger partial charge in [0, 0.05) is 22.7 Å². The normalized spacial score (nSPS) is 14.9. The number of fused-ring (bicyclic) bond motifs is 2. The Bertz CT molecular complexity index is 1910. The zero-order valence-electron chi connectivity index (χ0n) is 32.6. The van der Waals surface area contributed by atoms with Crippen LogP contribution >= 0.6 is 11.6 Å². The third-order valence-corrected chi connectivity index (χ3v) is 11.7. The van der Waals surface area contributed by atoms with Crippen molar-refractivity contribution in [3.63, 3.8) is 0 Å². The van der Waals surface area contributed by atoms with Gasteiger partial charge in [0.15, 0.2) is 0 Å². The van der Waals surface area contributed by atoms with Gasteiger partial charge < -0.3 is 9.80 Å². The van der Waals surface area contributed by atoms with Gasteiger partial charge in [-0.05, 0) is 169 Å². The molecule has 5 aromatic carbocycles. The van der Waals surface area contributed by atoms with E-state index in [1.165, 1.54) is 102 Å². The SMILES string of the molecule is Cc1cc(N(c2ccc(C(C)(C)C)cc2)c2ccc(C(C)(C)C)cc2)c(Cl)c(N(c2ccc3c(c2)CCCCC3)c2ccc3c(c2)CCCCC3)c1. The smallest absolute Gasteiger partial charge is 0.0887 e. The van der Waals surface area contributed by atoms with E-state index < -0.39 is 0 Å². The predicted molar refractivity (Wildman–Crippen MR) is 225 cm³/mol. The van der Waals surface area contributed by atoms with Crippen molar-refractivity contribution in [2.45, 2.75) is 124 Å². The maximum absolute atomic E-state index is 7.83. The average Bonchev–Trinajstić information content (AvgIpc) is 3.50. The quantitative estimate of drug-likeness (QED) is 0.162. The summed E-state index contributed by atoms with van der Waals surface area (Å²) in [7, 11) is 0. The largest absolute Gasteiger partial charge is 0.309 e. The molecule has 2 aliphatic carbocycles. The molecule has 0 heterocycles. The van der Waals surface area contributed by atoms with Gasteiger partial charge >= 0.3 is 0 Å². The molecule has 2 nitrogen and oxygen atoms in total. The number of rotatable bonds is 6. The summed E-state index contributed by atoms with van der Waals surface area (Å²) in [6.07, 6.45) is 12.3. The second-order valence-corrected chi connectivity index (χ2v) is 17.8. The fourth-order valence-electron chi connectivity index (χ4n) is 8.20. The lowest BCUT2D eigenvalue weighted by Crippen LogP contribution is -2.17. The zero-order chi connectivity index (χ0) is 36.6. The molecule has 0 atom stereocenters. The first-order chi connectivity index (χ1) is 24.9. The number of hydrogen-bond donors (Lipinski definition) is 0. The van der Waals surface area contributed by atoms with Crippen LogP contribution in [0.15, 0.2) is 97.1 Å². The number of aryl methyl sites for hydroxylation is 5. The molecule has 0 bridgehead atoms. The maximum Gasteiger partial charge on any atom is 0.0887 e. The summed E-state index contributed by atoms with van der Waals surface area (Å²) in [5.41, 5.74) is 16.5. The molecular weight excluding hydrogens is 652 g/mol. The maximum atomic E-state index is 7.83. The highest BCUT2D eigenvalue weighted by Crippen LogP contribution is 2.48. The van der Waals surface area contributed by atoms with E-state index >= 15 is 0 Å². The summed E-state index contributed by atoms with van der Waals surface area (Å²) >= 11 is 7.83. The van der Waals surface area contributed by atoms with E-state index in [0.717, 1.165) is 40.6 Å². The lowest BCUT2D eigenvalue weighted by Gasteiger charge is -2.33. The van der Waals surface area contributed by atoms with Crippen LogP contribution in [0.25, 0.3) is 0 Å². The number of hydrogen-bond acceptors (Lipinski definition) is 2. The minimum atomic E-state index is 0.0636. The second-order valence-electron chi connectivity index (χ2n) is 17.4. The third kappa shape index (κ3) is 7.69. The van der Waals surface area contributed by atoms with E-state index in [4.69, 9.17) is 11.6 Å². The monoisotopic (exact) mass is 708 g/mol. The van der Waals surface area contributed by atoms with E-state index in [2.05, 4.69) is 155 Å². The van der Waals surface area contributed by atoms with Crippen LogP contribution in [0.2, 0.25) is 5.02 Å². The van der Waals surface area contributed by atoms with E-state index in [1.54, 1.807) is 0 Å². The molecule has 3 heteroatoms. The summed E-state index contributed by atoms with van der Waals surface area (Å²) < 4.78 is 0. The number of benzene rings is 5. The molecule has 5 aromatic rings. The van der Waals surface area contributed by atoms with Crippen LogP contribution in [0, 0.1) is 6.92 Å². The molecule has 0 saturated carbocycles. The van der Waals surface area contributed by atoms with Crippen LogP contribution in [-0.2, 0) is 36.5 Å².